The maximum absolute atomic E-state index is 10.8. The van der Waals surface area contributed by atoms with Gasteiger partial charge in [0.25, 0.3) is 5.69 Å². The lowest BCUT2D eigenvalue weighted by Gasteiger charge is -2.02. The molecule has 8 nitrogen and oxygen atoms in total. The Kier molecular flexibility index (Phi) is 4.17. The monoisotopic (exact) mass is 341 g/mol. The van der Waals surface area contributed by atoms with E-state index in [1.54, 1.807) is 18.2 Å². The first kappa shape index (κ1) is 15.6. The first-order valence-electron chi connectivity index (χ1n) is 6.81. The van der Waals surface area contributed by atoms with Crippen LogP contribution in [0.15, 0.2) is 58.8 Å². The van der Waals surface area contributed by atoms with Gasteiger partial charge in [0.15, 0.2) is 5.69 Å². The lowest BCUT2D eigenvalue weighted by atomic mass is 10.2. The number of anilines is 1. The molecule has 3 rings (SSSR count). The Morgan fingerprint density at radius 1 is 1.25 bits per heavy atom. The molecular formula is C15H11N5O3S. The fourth-order valence-electron chi connectivity index (χ4n) is 2.16. The summed E-state index contributed by atoms with van der Waals surface area (Å²) in [6.45, 7) is 0. The Morgan fingerprint density at radius 3 is 2.83 bits per heavy atom. The van der Waals surface area contributed by atoms with Gasteiger partial charge in [-0.15, -0.1) is 10.2 Å². The minimum atomic E-state index is -0.500. The van der Waals surface area contributed by atoms with Crippen LogP contribution in [0.5, 0.6) is 5.88 Å². The molecule has 120 valence electrons. The fraction of sp³-hybridized carbons (Fsp3) is 0. The second-order valence-corrected chi connectivity index (χ2v) is 5.19. The zero-order valence-corrected chi connectivity index (χ0v) is 12.9. The molecule has 0 amide bonds. The molecule has 0 aliphatic carbocycles. The zero-order valence-electron chi connectivity index (χ0n) is 12.1. The van der Waals surface area contributed by atoms with Crippen LogP contribution in [0.4, 0.5) is 17.1 Å². The highest BCUT2D eigenvalue weighted by atomic mass is 32.1. The number of benzene rings is 2. The number of aromatic nitrogens is 1. The van der Waals surface area contributed by atoms with Crippen molar-refractivity contribution in [2.24, 2.45) is 10.2 Å². The predicted molar refractivity (Wildman–Crippen MR) is 93.8 cm³/mol. The number of nitrogens with zero attached hydrogens (tertiary/aromatic N) is 3. The molecule has 1 heterocycles. The van der Waals surface area contributed by atoms with E-state index in [-0.39, 0.29) is 22.4 Å². The van der Waals surface area contributed by atoms with Crippen LogP contribution in [0.1, 0.15) is 0 Å². The number of aromatic hydroxyl groups is 1. The quantitative estimate of drug-likeness (QED) is 0.285. The van der Waals surface area contributed by atoms with Gasteiger partial charge in [-0.05, 0) is 24.4 Å². The molecule has 1 aromatic heterocycles. The number of nitrogens with one attached hydrogen (secondary N) is 2. The Hall–Kier alpha value is -3.33. The number of rotatable bonds is 3. The first-order valence-corrected chi connectivity index (χ1v) is 7.22. The molecule has 0 saturated carbocycles. The summed E-state index contributed by atoms with van der Waals surface area (Å²) in [4.78, 5) is 13.0. The smallest absolute Gasteiger partial charge is 0.271 e. The summed E-state index contributed by atoms with van der Waals surface area (Å²) < 4.78 is 0. The Labute approximate surface area is 141 Å². The molecule has 0 radical (unpaired) electrons. The van der Waals surface area contributed by atoms with Crippen LogP contribution in [-0.2, 0) is 0 Å². The number of azo groups is 1. The molecule has 0 aliphatic rings. The summed E-state index contributed by atoms with van der Waals surface area (Å²) in [6.07, 6.45) is 0. The zero-order chi connectivity index (χ0) is 17.1. The third-order valence-corrected chi connectivity index (χ3v) is 3.39. The highest BCUT2D eigenvalue weighted by molar-refractivity contribution is 7.80. The van der Waals surface area contributed by atoms with Gasteiger partial charge in [0.05, 0.1) is 10.4 Å². The molecule has 3 aromatic rings. The van der Waals surface area contributed by atoms with Crippen molar-refractivity contribution in [1.82, 2.24) is 4.98 Å². The van der Waals surface area contributed by atoms with Crippen LogP contribution in [0.3, 0.4) is 0 Å². The van der Waals surface area contributed by atoms with Gasteiger partial charge in [-0.25, -0.2) is 0 Å². The van der Waals surface area contributed by atoms with Crippen molar-refractivity contribution in [3.8, 4) is 5.88 Å². The molecule has 0 spiro atoms. The van der Waals surface area contributed by atoms with Crippen LogP contribution < -0.4 is 5.32 Å². The Balaban J connectivity index is 1.79. The van der Waals surface area contributed by atoms with E-state index in [0.717, 1.165) is 5.52 Å². The molecule has 0 atom stereocenters. The van der Waals surface area contributed by atoms with Gasteiger partial charge in [0.1, 0.15) is 0 Å². The van der Waals surface area contributed by atoms with Crippen molar-refractivity contribution in [2.75, 3.05) is 5.32 Å². The van der Waals surface area contributed by atoms with E-state index in [1.165, 1.54) is 18.2 Å². The largest absolute Gasteiger partial charge is 0.493 e. The maximum atomic E-state index is 10.8. The Morgan fingerprint density at radius 2 is 2.04 bits per heavy atom. The lowest BCUT2D eigenvalue weighted by Crippen LogP contribution is -2.05. The standard InChI is InChI=1S/C15H11N5O3S/c21-14-13(11-6-1-2-7-12(11)17-14)18-19-15(24)16-9-4-3-5-10(8-9)20(22)23/h1-8,17,21H,(H,16,24). The van der Waals surface area contributed by atoms with E-state index in [2.05, 4.69) is 20.5 Å². The molecule has 24 heavy (non-hydrogen) atoms. The van der Waals surface area contributed by atoms with Crippen LogP contribution in [-0.4, -0.2) is 20.1 Å². The normalized spacial score (nSPS) is 11.0. The average Bonchev–Trinajstić information content (AvgIpc) is 2.88. The van der Waals surface area contributed by atoms with Crippen molar-refractivity contribution < 1.29 is 10.0 Å². The summed E-state index contributed by atoms with van der Waals surface area (Å²) >= 11 is 5.05. The van der Waals surface area contributed by atoms with Gasteiger partial charge in [0, 0.05) is 23.2 Å². The second-order valence-electron chi connectivity index (χ2n) is 4.81. The van der Waals surface area contributed by atoms with Crippen molar-refractivity contribution in [2.45, 2.75) is 0 Å². The van der Waals surface area contributed by atoms with Crippen molar-refractivity contribution >= 4 is 45.3 Å². The van der Waals surface area contributed by atoms with Gasteiger partial charge in [-0.3, -0.25) is 10.1 Å². The number of fused-ring (bicyclic) bond motifs is 1. The lowest BCUT2D eigenvalue weighted by molar-refractivity contribution is -0.384. The first-order chi connectivity index (χ1) is 11.5. The molecule has 9 heteroatoms. The third kappa shape index (κ3) is 3.20. The minimum Gasteiger partial charge on any atom is -0.493 e. The molecular weight excluding hydrogens is 330 g/mol. The number of non-ortho nitro benzene ring substituents is 1. The summed E-state index contributed by atoms with van der Waals surface area (Å²) in [6, 6.07) is 13.1. The number of nitro benzene ring substituents is 1. The van der Waals surface area contributed by atoms with Gasteiger partial charge in [-0.1, -0.05) is 24.3 Å². The summed E-state index contributed by atoms with van der Waals surface area (Å²) in [5.74, 6) is -0.113. The van der Waals surface area contributed by atoms with Crippen molar-refractivity contribution in [1.29, 1.82) is 0 Å². The number of H-pyrrole nitrogens is 1. The van der Waals surface area contributed by atoms with E-state index in [4.69, 9.17) is 12.2 Å². The number of hydrogen-bond acceptors (Lipinski definition) is 5. The maximum Gasteiger partial charge on any atom is 0.271 e. The van der Waals surface area contributed by atoms with Gasteiger partial charge >= 0.3 is 0 Å². The van der Waals surface area contributed by atoms with Crippen LogP contribution in [0.2, 0.25) is 0 Å². The molecule has 0 fully saturated rings. The van der Waals surface area contributed by atoms with Crippen LogP contribution in [0.25, 0.3) is 10.9 Å². The number of thiocarbonyl (C=S) groups is 1. The van der Waals surface area contributed by atoms with E-state index < -0.39 is 4.92 Å². The summed E-state index contributed by atoms with van der Waals surface area (Å²) in [5, 5.41) is 31.9. The van der Waals surface area contributed by atoms with Crippen molar-refractivity contribution in [3.05, 3.63) is 58.6 Å². The molecule has 0 bridgehead atoms. The van der Waals surface area contributed by atoms with E-state index in [9.17, 15) is 15.2 Å². The highest BCUT2D eigenvalue weighted by Crippen LogP contribution is 2.35. The topological polar surface area (TPSA) is 116 Å². The van der Waals surface area contributed by atoms with Crippen molar-refractivity contribution in [3.63, 3.8) is 0 Å². The van der Waals surface area contributed by atoms with Crippen LogP contribution in [0, 0.1) is 10.1 Å². The summed E-state index contributed by atoms with van der Waals surface area (Å²) in [7, 11) is 0. The fourth-order valence-corrected chi connectivity index (χ4v) is 2.31. The van der Waals surface area contributed by atoms with E-state index in [0.29, 0.717) is 11.1 Å². The number of para-hydroxylation sites is 1. The number of nitro groups is 1. The Bertz CT molecular complexity index is 967. The molecule has 0 saturated heterocycles. The number of aromatic amines is 1. The molecule has 3 N–H and O–H groups in total. The number of hydrogen-bond donors (Lipinski definition) is 3. The SMILES string of the molecule is O=[N+]([O-])c1cccc(NC(=S)N=Nc2c(O)[nH]c3ccccc23)c1. The van der Waals surface area contributed by atoms with Gasteiger partial charge < -0.3 is 15.4 Å². The van der Waals surface area contributed by atoms with Gasteiger partial charge in [-0.2, -0.15) is 0 Å². The second kappa shape index (κ2) is 6.42. The summed E-state index contributed by atoms with van der Waals surface area (Å²) in [5.41, 5.74) is 1.36. The predicted octanol–water partition coefficient (Wildman–Crippen LogP) is 4.26. The third-order valence-electron chi connectivity index (χ3n) is 3.21. The van der Waals surface area contributed by atoms with E-state index >= 15 is 0 Å². The molecule has 0 unspecified atom stereocenters. The highest BCUT2D eigenvalue weighted by Gasteiger charge is 2.10. The van der Waals surface area contributed by atoms with Gasteiger partial charge in [0.2, 0.25) is 11.0 Å². The van der Waals surface area contributed by atoms with Crippen LogP contribution >= 0.6 is 12.2 Å². The molecule has 2 aromatic carbocycles. The minimum absolute atomic E-state index is 0.0141. The molecule has 0 aliphatic heterocycles. The van der Waals surface area contributed by atoms with E-state index in [1.807, 2.05) is 12.1 Å². The average molecular weight is 341 g/mol.